The van der Waals surface area contributed by atoms with E-state index in [0.29, 0.717) is 24.5 Å². The highest BCUT2D eigenvalue weighted by atomic mass is 19.3. The van der Waals surface area contributed by atoms with E-state index in [-0.39, 0.29) is 12.1 Å². The highest BCUT2D eigenvalue weighted by molar-refractivity contribution is 5.90. The summed E-state index contributed by atoms with van der Waals surface area (Å²) in [7, 11) is 0. The molecule has 0 saturated carbocycles. The van der Waals surface area contributed by atoms with E-state index in [1.54, 1.807) is 12.4 Å². The molecular formula is C19H18F3N5O. The summed E-state index contributed by atoms with van der Waals surface area (Å²) in [5, 5.41) is 11.7. The number of hydrogen-bond donors (Lipinski definition) is 1. The molecule has 1 N–H and O–H groups in total. The lowest BCUT2D eigenvalue weighted by Gasteiger charge is -2.28. The zero-order chi connectivity index (χ0) is 19.5. The monoisotopic (exact) mass is 389 g/mol. The van der Waals surface area contributed by atoms with E-state index in [1.807, 2.05) is 6.07 Å². The van der Waals surface area contributed by atoms with Gasteiger partial charge in [-0.3, -0.25) is 4.98 Å². The third kappa shape index (κ3) is 3.70. The van der Waals surface area contributed by atoms with Crippen molar-refractivity contribution in [3.05, 3.63) is 53.6 Å². The minimum Gasteiger partial charge on any atom is -0.378 e. The van der Waals surface area contributed by atoms with Crippen LogP contribution in [-0.2, 0) is 11.3 Å². The summed E-state index contributed by atoms with van der Waals surface area (Å²) in [6.45, 7) is 2.83. The number of ether oxygens (including phenoxy) is 1. The number of aromatic nitrogens is 3. The van der Waals surface area contributed by atoms with Crippen molar-refractivity contribution in [2.75, 3.05) is 36.5 Å². The number of halogens is 3. The maximum Gasteiger partial charge on any atom is 0.266 e. The molecule has 9 heteroatoms. The second kappa shape index (κ2) is 7.97. The first-order valence-corrected chi connectivity index (χ1v) is 8.87. The van der Waals surface area contributed by atoms with Crippen molar-refractivity contribution in [3.8, 4) is 0 Å². The molecule has 146 valence electrons. The van der Waals surface area contributed by atoms with Gasteiger partial charge in [0.1, 0.15) is 5.82 Å². The van der Waals surface area contributed by atoms with Crippen LogP contribution in [-0.4, -0.2) is 41.5 Å². The lowest BCUT2D eigenvalue weighted by Crippen LogP contribution is -2.36. The van der Waals surface area contributed by atoms with Gasteiger partial charge >= 0.3 is 0 Å². The number of hydrogen-bond acceptors (Lipinski definition) is 6. The van der Waals surface area contributed by atoms with Gasteiger partial charge in [-0.05, 0) is 6.07 Å². The molecule has 0 radical (unpaired) electrons. The molecule has 2 aromatic heterocycles. The summed E-state index contributed by atoms with van der Waals surface area (Å²) in [4.78, 5) is 6.59. The lowest BCUT2D eigenvalue weighted by molar-refractivity contribution is 0.122. The van der Waals surface area contributed by atoms with Crippen LogP contribution in [0.4, 0.5) is 24.7 Å². The summed E-state index contributed by atoms with van der Waals surface area (Å²) in [5.41, 5.74) is 1.09. The summed E-state index contributed by atoms with van der Waals surface area (Å²) < 4.78 is 45.4. The van der Waals surface area contributed by atoms with E-state index in [1.165, 1.54) is 12.1 Å². The highest BCUT2D eigenvalue weighted by Crippen LogP contribution is 2.27. The summed E-state index contributed by atoms with van der Waals surface area (Å²) in [5.74, 6) is -0.493. The van der Waals surface area contributed by atoms with Crippen LogP contribution in [0.25, 0.3) is 10.9 Å². The minimum absolute atomic E-state index is 0.00195. The Morgan fingerprint density at radius 1 is 1.18 bits per heavy atom. The largest absolute Gasteiger partial charge is 0.378 e. The Balaban J connectivity index is 1.61. The zero-order valence-corrected chi connectivity index (χ0v) is 14.9. The van der Waals surface area contributed by atoms with Gasteiger partial charge in [0, 0.05) is 30.6 Å². The average molecular weight is 389 g/mol. The smallest absolute Gasteiger partial charge is 0.266 e. The fourth-order valence-corrected chi connectivity index (χ4v) is 3.16. The molecule has 0 atom stereocenters. The number of anilines is 2. The van der Waals surface area contributed by atoms with Crippen molar-refractivity contribution in [1.29, 1.82) is 0 Å². The van der Waals surface area contributed by atoms with Crippen LogP contribution in [0, 0.1) is 5.82 Å². The SMILES string of the molecule is Fc1c(CNc2nncc3ncc(N4CCOCC4)cc23)cccc1C(F)F. The number of benzene rings is 1. The van der Waals surface area contributed by atoms with Crippen LogP contribution in [0.5, 0.6) is 0 Å². The van der Waals surface area contributed by atoms with Gasteiger partial charge in [-0.15, -0.1) is 5.10 Å². The molecule has 1 aliphatic rings. The molecule has 1 saturated heterocycles. The molecular weight excluding hydrogens is 371 g/mol. The molecule has 0 spiro atoms. The fraction of sp³-hybridized carbons (Fsp3) is 0.316. The molecule has 28 heavy (non-hydrogen) atoms. The van der Waals surface area contributed by atoms with E-state index in [2.05, 4.69) is 25.4 Å². The van der Waals surface area contributed by atoms with Crippen molar-refractivity contribution in [2.24, 2.45) is 0 Å². The zero-order valence-electron chi connectivity index (χ0n) is 14.9. The Bertz CT molecular complexity index is 979. The van der Waals surface area contributed by atoms with Gasteiger partial charge in [0.25, 0.3) is 6.43 Å². The van der Waals surface area contributed by atoms with Crippen molar-refractivity contribution < 1.29 is 17.9 Å². The third-order valence-electron chi connectivity index (χ3n) is 4.66. The molecule has 6 nitrogen and oxygen atoms in total. The van der Waals surface area contributed by atoms with Gasteiger partial charge in [0.2, 0.25) is 0 Å². The second-order valence-electron chi connectivity index (χ2n) is 6.39. The number of alkyl halides is 2. The molecule has 1 fully saturated rings. The van der Waals surface area contributed by atoms with Gasteiger partial charge in [0.05, 0.1) is 42.4 Å². The molecule has 3 heterocycles. The first kappa shape index (κ1) is 18.4. The summed E-state index contributed by atoms with van der Waals surface area (Å²) in [6.07, 6.45) is 0.449. The predicted molar refractivity (Wildman–Crippen MR) is 99.0 cm³/mol. The van der Waals surface area contributed by atoms with E-state index >= 15 is 0 Å². The van der Waals surface area contributed by atoms with Crippen molar-refractivity contribution in [3.63, 3.8) is 0 Å². The Morgan fingerprint density at radius 2 is 2.00 bits per heavy atom. The average Bonchev–Trinajstić information content (AvgIpc) is 2.73. The van der Waals surface area contributed by atoms with Crippen LogP contribution >= 0.6 is 0 Å². The number of nitrogens with one attached hydrogen (secondary N) is 1. The first-order valence-electron chi connectivity index (χ1n) is 8.87. The Labute approximate surface area is 159 Å². The van der Waals surface area contributed by atoms with Gasteiger partial charge in [-0.25, -0.2) is 13.2 Å². The molecule has 0 unspecified atom stereocenters. The van der Waals surface area contributed by atoms with Crippen LogP contribution < -0.4 is 10.2 Å². The molecule has 4 rings (SSSR count). The van der Waals surface area contributed by atoms with Crippen molar-refractivity contribution in [1.82, 2.24) is 15.2 Å². The number of rotatable bonds is 5. The first-order chi connectivity index (χ1) is 13.6. The van der Waals surface area contributed by atoms with Crippen molar-refractivity contribution >= 4 is 22.4 Å². The molecule has 1 aromatic carbocycles. The van der Waals surface area contributed by atoms with Crippen LogP contribution in [0.1, 0.15) is 17.6 Å². The third-order valence-corrected chi connectivity index (χ3v) is 4.66. The number of fused-ring (bicyclic) bond motifs is 1. The normalized spacial score (nSPS) is 14.6. The summed E-state index contributed by atoms with van der Waals surface area (Å²) in [6, 6.07) is 5.90. The van der Waals surface area contributed by atoms with E-state index in [0.717, 1.165) is 30.2 Å². The maximum atomic E-state index is 14.3. The molecule has 1 aliphatic heterocycles. The van der Waals surface area contributed by atoms with Crippen LogP contribution in [0.3, 0.4) is 0 Å². The van der Waals surface area contributed by atoms with Gasteiger partial charge in [-0.2, -0.15) is 5.10 Å². The number of pyridine rings is 1. The van der Waals surface area contributed by atoms with Crippen LogP contribution in [0.15, 0.2) is 36.7 Å². The standard InChI is InChI=1S/C19H18F3N5O/c20-17-12(2-1-3-14(17)18(21)22)9-24-19-15-8-13(27-4-6-28-7-5-27)10-23-16(15)11-25-26-19/h1-3,8,10-11,18H,4-7,9H2,(H,24,26). The Hall–Kier alpha value is -2.94. The quantitative estimate of drug-likeness (QED) is 0.720. The number of morpholine rings is 1. The topological polar surface area (TPSA) is 63.2 Å². The number of nitrogens with zero attached hydrogens (tertiary/aromatic N) is 4. The van der Waals surface area contributed by atoms with Gasteiger partial charge in [0.15, 0.2) is 5.82 Å². The maximum absolute atomic E-state index is 14.3. The van der Waals surface area contributed by atoms with Gasteiger partial charge < -0.3 is 15.0 Å². The van der Waals surface area contributed by atoms with E-state index < -0.39 is 17.8 Å². The lowest BCUT2D eigenvalue weighted by atomic mass is 10.1. The van der Waals surface area contributed by atoms with E-state index in [4.69, 9.17) is 4.74 Å². The molecule has 3 aromatic rings. The predicted octanol–water partition coefficient (Wildman–Crippen LogP) is 3.55. The fourth-order valence-electron chi connectivity index (χ4n) is 3.16. The summed E-state index contributed by atoms with van der Waals surface area (Å²) >= 11 is 0. The molecule has 0 aliphatic carbocycles. The van der Waals surface area contributed by atoms with Crippen molar-refractivity contribution in [2.45, 2.75) is 13.0 Å². The highest BCUT2D eigenvalue weighted by Gasteiger charge is 2.17. The second-order valence-corrected chi connectivity index (χ2v) is 6.39. The van der Waals surface area contributed by atoms with Gasteiger partial charge in [-0.1, -0.05) is 18.2 Å². The molecule has 0 amide bonds. The Morgan fingerprint density at radius 3 is 2.79 bits per heavy atom. The molecule has 0 bridgehead atoms. The minimum atomic E-state index is -2.86. The Kier molecular flexibility index (Phi) is 5.25. The van der Waals surface area contributed by atoms with Crippen LogP contribution in [0.2, 0.25) is 0 Å². The van der Waals surface area contributed by atoms with E-state index in [9.17, 15) is 13.2 Å².